The van der Waals surface area contributed by atoms with Gasteiger partial charge in [0.2, 0.25) is 0 Å². The summed E-state index contributed by atoms with van der Waals surface area (Å²) < 4.78 is 18.1. The Hall–Kier alpha value is -1.85. The number of hydrogen-bond acceptors (Lipinski definition) is 5. The fourth-order valence-corrected chi connectivity index (χ4v) is 5.75. The number of hydrogen-bond donors (Lipinski definition) is 0. The van der Waals surface area contributed by atoms with Gasteiger partial charge in [0.05, 0.1) is 12.5 Å². The van der Waals surface area contributed by atoms with Gasteiger partial charge in [-0.15, -0.1) is 0 Å². The number of rotatable bonds is 1. The molecule has 1 aromatic rings. The van der Waals surface area contributed by atoms with E-state index in [1.807, 2.05) is 12.1 Å². The molecule has 2 saturated heterocycles. The van der Waals surface area contributed by atoms with E-state index in [4.69, 9.17) is 14.2 Å². The van der Waals surface area contributed by atoms with Crippen molar-refractivity contribution in [3.63, 3.8) is 0 Å². The number of methoxy groups -OCH3 is 1. The van der Waals surface area contributed by atoms with Crippen LogP contribution in [-0.2, 0) is 21.4 Å². The largest absolute Gasteiger partial charge is 0.493 e. The average Bonchev–Trinajstić information content (AvgIpc) is 3.02. The van der Waals surface area contributed by atoms with Gasteiger partial charge in [-0.25, -0.2) is 0 Å². The Morgan fingerprint density at radius 2 is 2.30 bits per heavy atom. The average molecular weight is 311 g/mol. The molecule has 0 aromatic heterocycles. The van der Waals surface area contributed by atoms with Crippen LogP contribution >= 0.6 is 0 Å². The molecule has 5 atom stereocenters. The Morgan fingerprint density at radius 3 is 3.17 bits per heavy atom. The Kier molecular flexibility index (Phi) is 1.98. The highest BCUT2D eigenvalue weighted by atomic mass is 16.6. The maximum atomic E-state index is 12.7. The topological polar surface area (TPSA) is 48.0 Å². The maximum Gasteiger partial charge on any atom is 0.196 e. The predicted octanol–water partition coefficient (Wildman–Crippen LogP) is 1.19. The quantitative estimate of drug-likeness (QED) is 0.780. The number of nitrogens with zero attached hydrogens (tertiary/aromatic N) is 1. The van der Waals surface area contributed by atoms with Gasteiger partial charge in [-0.3, -0.25) is 9.69 Å². The van der Waals surface area contributed by atoms with Gasteiger partial charge >= 0.3 is 0 Å². The Morgan fingerprint density at radius 1 is 1.39 bits per heavy atom. The number of carbonyl (C=O) groups is 1. The number of carbonyl (C=O) groups excluding carboxylic acids is 1. The predicted molar refractivity (Wildman–Crippen MR) is 80.7 cm³/mol. The Labute approximate surface area is 133 Å². The van der Waals surface area contributed by atoms with Crippen molar-refractivity contribution in [3.8, 4) is 11.5 Å². The van der Waals surface area contributed by atoms with Gasteiger partial charge in [0, 0.05) is 18.2 Å². The SMILES string of the molecule is COc1ccc2c3c1O[C@H]1C(=O)C=C[C@]45OCN(CC[C@]314)[C@@H]5C2. The summed E-state index contributed by atoms with van der Waals surface area (Å²) in [7, 11) is 1.65. The lowest BCUT2D eigenvalue weighted by atomic mass is 9.51. The third kappa shape index (κ3) is 1.09. The first-order valence-corrected chi connectivity index (χ1v) is 8.19. The van der Waals surface area contributed by atoms with E-state index < -0.39 is 17.1 Å². The van der Waals surface area contributed by atoms with Gasteiger partial charge in [0.25, 0.3) is 0 Å². The summed E-state index contributed by atoms with van der Waals surface area (Å²) in [5, 5.41) is 0. The van der Waals surface area contributed by atoms with Crippen molar-refractivity contribution in [2.45, 2.75) is 36.0 Å². The monoisotopic (exact) mass is 311 g/mol. The van der Waals surface area contributed by atoms with Crippen LogP contribution < -0.4 is 9.47 Å². The molecular formula is C18H17NO4. The van der Waals surface area contributed by atoms with Crippen molar-refractivity contribution < 1.29 is 19.0 Å². The van der Waals surface area contributed by atoms with Crippen LogP contribution in [0.5, 0.6) is 11.5 Å². The second-order valence-corrected chi connectivity index (χ2v) is 7.18. The molecule has 3 aliphatic heterocycles. The van der Waals surface area contributed by atoms with Gasteiger partial charge in [-0.05, 0) is 36.6 Å². The molecule has 0 saturated carbocycles. The Bertz CT molecular complexity index is 802. The lowest BCUT2D eigenvalue weighted by Gasteiger charge is -2.57. The molecule has 1 unspecified atom stereocenters. The molecule has 6 rings (SSSR count). The van der Waals surface area contributed by atoms with Crippen molar-refractivity contribution in [1.29, 1.82) is 0 Å². The molecular weight excluding hydrogens is 294 g/mol. The minimum Gasteiger partial charge on any atom is -0.493 e. The smallest absolute Gasteiger partial charge is 0.196 e. The van der Waals surface area contributed by atoms with Crippen LogP contribution in [-0.4, -0.2) is 48.8 Å². The fourth-order valence-electron chi connectivity index (χ4n) is 5.75. The van der Waals surface area contributed by atoms with Crippen LogP contribution in [0.1, 0.15) is 17.5 Å². The second kappa shape index (κ2) is 3.62. The molecule has 5 nitrogen and oxygen atoms in total. The van der Waals surface area contributed by atoms with Crippen molar-refractivity contribution in [2.75, 3.05) is 20.4 Å². The fraction of sp³-hybridized carbons (Fsp3) is 0.500. The molecule has 0 N–H and O–H groups in total. The summed E-state index contributed by atoms with van der Waals surface area (Å²) in [6.45, 7) is 1.58. The van der Waals surface area contributed by atoms with E-state index in [2.05, 4.69) is 11.0 Å². The first kappa shape index (κ1) is 12.6. The summed E-state index contributed by atoms with van der Waals surface area (Å²) in [5.41, 5.74) is 1.61. The highest BCUT2D eigenvalue weighted by Gasteiger charge is 2.75. The molecule has 0 amide bonds. The third-order valence-corrected chi connectivity index (χ3v) is 6.62. The number of ether oxygens (including phenoxy) is 3. The van der Waals surface area contributed by atoms with E-state index in [0.29, 0.717) is 18.5 Å². The molecule has 2 aliphatic carbocycles. The van der Waals surface area contributed by atoms with Gasteiger partial charge in [0.1, 0.15) is 12.3 Å². The van der Waals surface area contributed by atoms with Crippen LogP contribution in [0.3, 0.4) is 0 Å². The Balaban J connectivity index is 1.75. The minimum atomic E-state index is -0.486. The zero-order valence-electron chi connectivity index (χ0n) is 12.9. The normalized spacial score (nSPS) is 44.0. The highest BCUT2D eigenvalue weighted by molar-refractivity contribution is 5.99. The van der Waals surface area contributed by atoms with Crippen molar-refractivity contribution in [2.24, 2.45) is 0 Å². The van der Waals surface area contributed by atoms with Crippen LogP contribution in [0.2, 0.25) is 0 Å². The van der Waals surface area contributed by atoms with Crippen molar-refractivity contribution in [3.05, 3.63) is 35.4 Å². The molecule has 2 spiro atoms. The lowest BCUT2D eigenvalue weighted by Crippen LogP contribution is -2.71. The number of ketones is 1. The minimum absolute atomic E-state index is 0.0458. The lowest BCUT2D eigenvalue weighted by molar-refractivity contribution is -0.135. The van der Waals surface area contributed by atoms with Gasteiger partial charge in [0.15, 0.2) is 23.4 Å². The van der Waals surface area contributed by atoms with E-state index in [-0.39, 0.29) is 5.78 Å². The van der Waals surface area contributed by atoms with Crippen LogP contribution in [0.4, 0.5) is 0 Å². The summed E-state index contributed by atoms with van der Waals surface area (Å²) in [5.74, 6) is 1.52. The second-order valence-electron chi connectivity index (χ2n) is 7.18. The zero-order chi connectivity index (χ0) is 15.4. The van der Waals surface area contributed by atoms with E-state index in [1.165, 1.54) is 5.56 Å². The first-order chi connectivity index (χ1) is 11.2. The van der Waals surface area contributed by atoms with E-state index >= 15 is 0 Å². The van der Waals surface area contributed by atoms with Crippen LogP contribution in [0, 0.1) is 0 Å². The summed E-state index contributed by atoms with van der Waals surface area (Å²) in [4.78, 5) is 15.1. The van der Waals surface area contributed by atoms with Crippen molar-refractivity contribution >= 4 is 5.78 Å². The number of piperidine rings is 1. The van der Waals surface area contributed by atoms with Gasteiger partial charge in [-0.1, -0.05) is 6.07 Å². The van der Waals surface area contributed by atoms with Gasteiger partial charge < -0.3 is 14.2 Å². The van der Waals surface area contributed by atoms with Crippen molar-refractivity contribution in [1.82, 2.24) is 4.90 Å². The zero-order valence-corrected chi connectivity index (χ0v) is 12.9. The molecule has 0 radical (unpaired) electrons. The summed E-state index contributed by atoms with van der Waals surface area (Å²) in [6.07, 6.45) is 5.03. The molecule has 5 aliphatic rings. The maximum absolute atomic E-state index is 12.7. The van der Waals surface area contributed by atoms with E-state index in [0.717, 1.165) is 30.7 Å². The first-order valence-electron chi connectivity index (χ1n) is 8.19. The molecule has 118 valence electrons. The van der Waals surface area contributed by atoms with Crippen LogP contribution in [0.15, 0.2) is 24.3 Å². The van der Waals surface area contributed by atoms with Gasteiger partial charge in [-0.2, -0.15) is 0 Å². The molecule has 4 bridgehead atoms. The molecule has 2 fully saturated rings. The summed E-state index contributed by atoms with van der Waals surface area (Å²) >= 11 is 0. The number of benzene rings is 1. The summed E-state index contributed by atoms with van der Waals surface area (Å²) in [6, 6.07) is 4.39. The highest BCUT2D eigenvalue weighted by Crippen LogP contribution is 2.66. The third-order valence-electron chi connectivity index (χ3n) is 6.62. The standard InChI is InChI=1S/C18H17NO4/c1-21-12-3-2-10-8-13-18-5-4-11(20)16-17(18,14(10)15(12)23-16)6-7-19(13)9-22-18/h2-5,13,16H,6-9H2,1H3/t13-,16+,17+,18-/m1/s1. The molecule has 3 heterocycles. The molecule has 1 aromatic carbocycles. The molecule has 5 heteroatoms. The molecule has 23 heavy (non-hydrogen) atoms. The van der Waals surface area contributed by atoms with Crippen LogP contribution in [0.25, 0.3) is 0 Å². The van der Waals surface area contributed by atoms with E-state index in [1.54, 1.807) is 13.2 Å². The van der Waals surface area contributed by atoms with E-state index in [9.17, 15) is 4.79 Å².